The molecule has 41 heavy (non-hydrogen) atoms. The van der Waals surface area contributed by atoms with E-state index in [-0.39, 0.29) is 16.5 Å². The summed E-state index contributed by atoms with van der Waals surface area (Å²) in [6.45, 7) is 0. The molecule has 0 bridgehead atoms. The lowest BCUT2D eigenvalue weighted by Crippen LogP contribution is -2.14. The van der Waals surface area contributed by atoms with Gasteiger partial charge in [-0.3, -0.25) is 0 Å². The first-order chi connectivity index (χ1) is 19.8. The van der Waals surface area contributed by atoms with E-state index in [1.54, 1.807) is 17.9 Å². The van der Waals surface area contributed by atoms with Gasteiger partial charge in [0.05, 0.1) is 29.9 Å². The molecule has 1 aliphatic rings. The second-order valence-corrected chi connectivity index (χ2v) is 11.6. The number of carboxylic acids is 1. The molecule has 1 unspecified atom stereocenters. The number of aromatic carboxylic acids is 1. The number of nitrogens with two attached hydrogens (primary N) is 1. The van der Waals surface area contributed by atoms with Crippen LogP contribution in [0.3, 0.4) is 0 Å². The van der Waals surface area contributed by atoms with E-state index in [4.69, 9.17) is 15.0 Å². The number of carbonyl (C=O) groups is 1. The smallest absolute Gasteiger partial charge is 0.355 e. The van der Waals surface area contributed by atoms with Crippen molar-refractivity contribution in [1.29, 1.82) is 0 Å². The van der Waals surface area contributed by atoms with Crippen molar-refractivity contribution < 1.29 is 23.6 Å². The number of ether oxygens (including phenoxy) is 1. The van der Waals surface area contributed by atoms with Crippen molar-refractivity contribution in [2.75, 3.05) is 7.11 Å². The van der Waals surface area contributed by atoms with Gasteiger partial charge in [0.2, 0.25) is 10.0 Å². The Labute approximate surface area is 242 Å². The first-order valence-electron chi connectivity index (χ1n) is 12.8. The summed E-state index contributed by atoms with van der Waals surface area (Å²) in [5.74, 6) is -0.773. The summed E-state index contributed by atoms with van der Waals surface area (Å²) < 4.78 is 33.6. The minimum absolute atomic E-state index is 0.0437. The molecule has 3 aromatic carbocycles. The van der Waals surface area contributed by atoms with Gasteiger partial charge in [-0.1, -0.05) is 36.4 Å². The second-order valence-electron chi connectivity index (χ2n) is 9.77. The number of hydrogen-bond acceptors (Lipinski definition) is 7. The molecule has 5 aromatic rings. The van der Waals surface area contributed by atoms with Crippen LogP contribution >= 0.6 is 11.3 Å². The second kappa shape index (κ2) is 11.1. The Morgan fingerprint density at radius 1 is 1.15 bits per heavy atom. The fraction of sp³-hybridized carbons (Fsp3) is 0.167. The van der Waals surface area contributed by atoms with Crippen molar-refractivity contribution in [3.8, 4) is 33.3 Å². The predicted octanol–water partition coefficient (Wildman–Crippen LogP) is 5.96. The topological polar surface area (TPSA) is 126 Å². The number of halogens is 1. The zero-order valence-corrected chi connectivity index (χ0v) is 23.5. The molecule has 11 heteroatoms. The molecule has 0 amide bonds. The molecular formula is C30H25FN4O4S2. The van der Waals surface area contributed by atoms with Gasteiger partial charge in [0.1, 0.15) is 5.75 Å². The lowest BCUT2D eigenvalue weighted by molar-refractivity contribution is 0.0691. The molecule has 2 heterocycles. The van der Waals surface area contributed by atoms with Crippen molar-refractivity contribution in [3.05, 3.63) is 100 Å². The molecule has 1 fully saturated rings. The van der Waals surface area contributed by atoms with Crippen molar-refractivity contribution in [3.63, 3.8) is 0 Å². The van der Waals surface area contributed by atoms with E-state index in [2.05, 4.69) is 4.98 Å². The summed E-state index contributed by atoms with van der Waals surface area (Å²) >= 11 is -0.720. The van der Waals surface area contributed by atoms with Crippen LogP contribution in [0.2, 0.25) is 0 Å². The third-order valence-electron chi connectivity index (χ3n) is 7.01. The highest BCUT2D eigenvalue weighted by Crippen LogP contribution is 2.46. The minimum atomic E-state index is -1.93. The van der Waals surface area contributed by atoms with Crippen molar-refractivity contribution in [2.24, 2.45) is 5.14 Å². The van der Waals surface area contributed by atoms with Crippen LogP contribution in [0.4, 0.5) is 4.39 Å². The summed E-state index contributed by atoms with van der Waals surface area (Å²) in [5.41, 5.74) is 5.98. The summed E-state index contributed by atoms with van der Waals surface area (Å²) in [7, 11) is 1.63. The lowest BCUT2D eigenvalue weighted by Gasteiger charge is -2.10. The van der Waals surface area contributed by atoms with E-state index in [0.29, 0.717) is 22.8 Å². The number of aromatic nitrogens is 3. The zero-order valence-electron chi connectivity index (χ0n) is 21.9. The quantitative estimate of drug-likeness (QED) is 0.204. The number of nitrogens with zero attached hydrogens (tertiary/aromatic N) is 3. The average molecular weight is 589 g/mol. The Morgan fingerprint density at radius 2 is 1.88 bits per heavy atom. The molecule has 1 atom stereocenters. The minimum Gasteiger partial charge on any atom is -0.593 e. The van der Waals surface area contributed by atoms with Crippen molar-refractivity contribution in [1.82, 2.24) is 14.8 Å². The predicted molar refractivity (Wildman–Crippen MR) is 155 cm³/mol. The number of hydrogen-bond donors (Lipinski definition) is 2. The van der Waals surface area contributed by atoms with Crippen LogP contribution in [0.25, 0.3) is 27.5 Å². The Balaban J connectivity index is 1.51. The maximum Gasteiger partial charge on any atom is 0.355 e. The van der Waals surface area contributed by atoms with Gasteiger partial charge >= 0.3 is 5.97 Å². The summed E-state index contributed by atoms with van der Waals surface area (Å²) in [4.78, 5) is 15.9. The highest BCUT2D eigenvalue weighted by Gasteiger charge is 2.34. The van der Waals surface area contributed by atoms with Crippen molar-refractivity contribution >= 4 is 28.7 Å². The number of benzene rings is 3. The number of methoxy groups -OCH3 is 1. The Morgan fingerprint density at radius 3 is 2.54 bits per heavy atom. The maximum absolute atomic E-state index is 14.8. The normalized spacial score (nSPS) is 13.8. The molecule has 8 nitrogen and oxygen atoms in total. The highest BCUT2D eigenvalue weighted by atomic mass is 32.2. The molecule has 6 rings (SSSR count). The van der Waals surface area contributed by atoms with E-state index < -0.39 is 23.1 Å². The van der Waals surface area contributed by atoms with E-state index in [0.717, 1.165) is 46.5 Å². The molecule has 0 saturated heterocycles. The summed E-state index contributed by atoms with van der Waals surface area (Å²) in [6.07, 6.45) is 2.27. The summed E-state index contributed by atoms with van der Waals surface area (Å²) in [5, 5.41) is 21.9. The molecule has 2 aromatic heterocycles. The van der Waals surface area contributed by atoms with Crippen LogP contribution in [0, 0.1) is 5.82 Å². The van der Waals surface area contributed by atoms with Crippen LogP contribution < -0.4 is 9.88 Å². The van der Waals surface area contributed by atoms with E-state index in [1.165, 1.54) is 28.8 Å². The standard InChI is InChI=1S/C30H25FN4O4S2/c1-39-22-7-3-5-20(15-22)19-4-2-6-21(14-19)27-23(12-17-8-11-26(41(32)38)24(31)13-17)28(18-9-10-18)35(34-27)30-33-25(16-40-30)29(36)37/h2-8,11,13-16,18H,9-10,12,32H2,1H3,(H,36,37). The summed E-state index contributed by atoms with van der Waals surface area (Å²) in [6, 6.07) is 20.3. The van der Waals surface area contributed by atoms with Crippen molar-refractivity contribution in [2.45, 2.75) is 30.1 Å². The van der Waals surface area contributed by atoms with Crippen LogP contribution in [0.15, 0.2) is 77.0 Å². The van der Waals surface area contributed by atoms with Gasteiger partial charge in [0.25, 0.3) is 0 Å². The monoisotopic (exact) mass is 588 g/mol. The molecule has 1 aliphatic carbocycles. The number of thiazole rings is 1. The van der Waals surface area contributed by atoms with Crippen LogP contribution in [0.1, 0.15) is 46.1 Å². The van der Waals surface area contributed by atoms with E-state index in [1.807, 2.05) is 48.5 Å². The number of rotatable bonds is 9. The molecule has 0 aliphatic heterocycles. The highest BCUT2D eigenvalue weighted by molar-refractivity contribution is 7.89. The Kier molecular flexibility index (Phi) is 7.35. The first kappa shape index (κ1) is 27.2. The van der Waals surface area contributed by atoms with Gasteiger partial charge in [-0.05, 0) is 59.9 Å². The fourth-order valence-electron chi connectivity index (χ4n) is 4.92. The maximum atomic E-state index is 14.8. The average Bonchev–Trinajstić information content (AvgIpc) is 3.55. The third-order valence-corrected chi connectivity index (χ3v) is 8.59. The van der Waals surface area contributed by atoms with E-state index >= 15 is 0 Å². The van der Waals surface area contributed by atoms with Gasteiger partial charge in [0.15, 0.2) is 11.5 Å². The van der Waals surface area contributed by atoms with Crippen LogP contribution in [-0.2, 0) is 17.8 Å². The van der Waals surface area contributed by atoms with Crippen LogP contribution in [-0.4, -0.2) is 37.5 Å². The lowest BCUT2D eigenvalue weighted by atomic mass is 9.95. The SMILES string of the molecule is COc1cccc(-c2cccc(-c3nn(-c4nc(C(=O)O)cs4)c(C4CC4)c3Cc3ccc([S+](N)[O-])c(F)c3)c2)c1. The van der Waals surface area contributed by atoms with E-state index in [9.17, 15) is 18.8 Å². The van der Waals surface area contributed by atoms with Gasteiger partial charge < -0.3 is 14.4 Å². The number of carboxylic acid groups (broad SMARTS) is 1. The molecular weight excluding hydrogens is 563 g/mol. The Hall–Kier alpha value is -4.03. The molecule has 0 spiro atoms. The fourth-order valence-corrected chi connectivity index (χ4v) is 6.14. The zero-order chi connectivity index (χ0) is 28.7. The molecule has 1 saturated carbocycles. The molecule has 208 valence electrons. The first-order valence-corrected chi connectivity index (χ1v) is 14.9. The van der Waals surface area contributed by atoms with Gasteiger partial charge in [0, 0.05) is 28.8 Å². The molecule has 3 N–H and O–H groups in total. The molecule has 0 radical (unpaired) electrons. The third kappa shape index (κ3) is 5.49. The van der Waals surface area contributed by atoms with Gasteiger partial charge in [-0.2, -0.15) is 5.10 Å². The van der Waals surface area contributed by atoms with Gasteiger partial charge in [-0.25, -0.2) is 18.9 Å². The Bertz CT molecular complexity index is 1760. The van der Waals surface area contributed by atoms with Crippen LogP contribution in [0.5, 0.6) is 5.75 Å². The largest absolute Gasteiger partial charge is 0.593 e. The van der Waals surface area contributed by atoms with Gasteiger partial charge in [-0.15, -0.1) is 16.5 Å².